The molecule has 1 amide bonds. The van der Waals surface area contributed by atoms with Crippen LogP contribution in [0.25, 0.3) is 17.1 Å². The summed E-state index contributed by atoms with van der Waals surface area (Å²) in [5.74, 6) is 0.0173. The Balaban J connectivity index is 1.68. The molecule has 0 saturated carbocycles. The highest BCUT2D eigenvalue weighted by atomic mass is 16.6. The highest BCUT2D eigenvalue weighted by molar-refractivity contribution is 6.02. The molecule has 0 aliphatic heterocycles. The first-order chi connectivity index (χ1) is 17.8. The summed E-state index contributed by atoms with van der Waals surface area (Å²) in [7, 11) is 1.33. The summed E-state index contributed by atoms with van der Waals surface area (Å²) in [5.41, 5.74) is 9.41. The largest absolute Gasteiger partial charge is 0.494 e. The third kappa shape index (κ3) is 5.04. The number of rotatable bonds is 9. The van der Waals surface area contributed by atoms with Crippen molar-refractivity contribution in [3.05, 3.63) is 63.8 Å². The molecule has 37 heavy (non-hydrogen) atoms. The van der Waals surface area contributed by atoms with Gasteiger partial charge in [-0.3, -0.25) is 14.9 Å². The average molecular weight is 507 g/mol. The van der Waals surface area contributed by atoms with E-state index < -0.39 is 10.8 Å². The molecule has 2 heterocycles. The molecule has 0 radical (unpaired) electrons. The van der Waals surface area contributed by atoms with Gasteiger partial charge in [0, 0.05) is 17.2 Å². The van der Waals surface area contributed by atoms with Gasteiger partial charge in [0.2, 0.25) is 11.6 Å². The van der Waals surface area contributed by atoms with Crippen LogP contribution in [0.3, 0.4) is 0 Å². The van der Waals surface area contributed by atoms with Crippen LogP contribution in [-0.4, -0.2) is 55.6 Å². The van der Waals surface area contributed by atoms with Gasteiger partial charge in [-0.15, -0.1) is 5.10 Å². The highest BCUT2D eigenvalue weighted by Gasteiger charge is 2.25. The first-order valence-corrected chi connectivity index (χ1v) is 10.8. The van der Waals surface area contributed by atoms with Gasteiger partial charge in [-0.2, -0.15) is 9.78 Å². The number of hydrogen-bond acceptors (Lipinski definition) is 12. The van der Waals surface area contributed by atoms with Crippen molar-refractivity contribution in [1.82, 2.24) is 30.7 Å². The van der Waals surface area contributed by atoms with Gasteiger partial charge < -0.3 is 15.2 Å². The second kappa shape index (κ2) is 10.5. The maximum atomic E-state index is 13.1. The number of aromatic nitrogens is 5. The van der Waals surface area contributed by atoms with Gasteiger partial charge in [0.25, 0.3) is 5.91 Å². The molecule has 0 aliphatic carbocycles. The number of nitrogens with one attached hydrogen (secondary N) is 1. The van der Waals surface area contributed by atoms with Crippen molar-refractivity contribution in [2.45, 2.75) is 13.8 Å². The summed E-state index contributed by atoms with van der Waals surface area (Å²) in [6.45, 7) is 3.93. The van der Waals surface area contributed by atoms with Gasteiger partial charge in [0.05, 0.1) is 24.4 Å². The number of carbonyl (C=O) groups excluding carboxylic acids is 1. The molecule has 15 nitrogen and oxygen atoms in total. The Kier molecular flexibility index (Phi) is 7.04. The maximum absolute atomic E-state index is 13.1. The van der Waals surface area contributed by atoms with Gasteiger partial charge >= 0.3 is 5.69 Å². The van der Waals surface area contributed by atoms with Crippen LogP contribution >= 0.6 is 0 Å². The van der Waals surface area contributed by atoms with Crippen LogP contribution in [0.15, 0.2) is 52.2 Å². The molecule has 0 aliphatic rings. The minimum atomic E-state index is -0.701. The standard InChI is InChI=1S/C22H21N9O6/c1-4-36-15-8-5-13(6-9-15)19-18(25-29-30(19)21-20(23)27-37-28-21)22(32)26-24-12(2)14-7-10-17(35-3)16(11-14)31(33)34/h5-11H,4H2,1-3H3,(H2,23,27)(H,26,32)/b24-12-. The van der Waals surface area contributed by atoms with E-state index in [2.05, 4.69) is 35.8 Å². The zero-order valence-corrected chi connectivity index (χ0v) is 19.9. The van der Waals surface area contributed by atoms with Crippen LogP contribution in [0.5, 0.6) is 11.5 Å². The number of nitro benzene ring substituents is 1. The van der Waals surface area contributed by atoms with Crippen molar-refractivity contribution < 1.29 is 23.8 Å². The number of hydrogen-bond donors (Lipinski definition) is 2. The third-order valence-electron chi connectivity index (χ3n) is 5.14. The van der Waals surface area contributed by atoms with Crippen molar-refractivity contribution in [2.24, 2.45) is 5.10 Å². The van der Waals surface area contributed by atoms with Crippen LogP contribution in [-0.2, 0) is 0 Å². The smallest absolute Gasteiger partial charge is 0.311 e. The number of benzene rings is 2. The van der Waals surface area contributed by atoms with Crippen molar-refractivity contribution in [1.29, 1.82) is 0 Å². The van der Waals surface area contributed by atoms with Crippen LogP contribution < -0.4 is 20.6 Å². The fourth-order valence-electron chi connectivity index (χ4n) is 3.37. The third-order valence-corrected chi connectivity index (χ3v) is 5.14. The molecule has 4 rings (SSSR count). The number of anilines is 1. The molecule has 2 aromatic heterocycles. The quantitative estimate of drug-likeness (QED) is 0.191. The topological polar surface area (TPSA) is 199 Å². The molecule has 0 unspecified atom stereocenters. The van der Waals surface area contributed by atoms with Crippen LogP contribution in [0.4, 0.5) is 11.5 Å². The van der Waals surface area contributed by atoms with Gasteiger partial charge in [-0.05, 0) is 60.6 Å². The molecule has 190 valence electrons. The Morgan fingerprint density at radius 2 is 2.00 bits per heavy atom. The molecule has 2 aromatic carbocycles. The molecule has 0 saturated heterocycles. The number of carbonyl (C=O) groups is 1. The minimum absolute atomic E-state index is 0.0423. The number of nitro groups is 1. The lowest BCUT2D eigenvalue weighted by atomic mass is 10.1. The van der Waals surface area contributed by atoms with E-state index in [1.54, 1.807) is 37.3 Å². The average Bonchev–Trinajstić information content (AvgIpc) is 3.53. The Morgan fingerprint density at radius 1 is 1.24 bits per heavy atom. The van der Waals surface area contributed by atoms with E-state index in [-0.39, 0.29) is 34.5 Å². The minimum Gasteiger partial charge on any atom is -0.494 e. The molecule has 15 heteroatoms. The van der Waals surface area contributed by atoms with Gasteiger partial charge in [-0.1, -0.05) is 5.21 Å². The first-order valence-electron chi connectivity index (χ1n) is 10.8. The van der Waals surface area contributed by atoms with E-state index in [9.17, 15) is 14.9 Å². The number of ether oxygens (including phenoxy) is 2. The van der Waals surface area contributed by atoms with Crippen molar-refractivity contribution in [3.8, 4) is 28.6 Å². The summed E-state index contributed by atoms with van der Waals surface area (Å²) in [6.07, 6.45) is 0. The molecule has 0 fully saturated rings. The number of nitrogens with zero attached hydrogens (tertiary/aromatic N) is 7. The monoisotopic (exact) mass is 507 g/mol. The molecule has 4 aromatic rings. The number of methoxy groups -OCH3 is 1. The van der Waals surface area contributed by atoms with Crippen LogP contribution in [0, 0.1) is 10.1 Å². The molecular formula is C22H21N9O6. The Hall–Kier alpha value is -5.34. The Labute approximate surface area is 209 Å². The summed E-state index contributed by atoms with van der Waals surface area (Å²) in [6, 6.07) is 11.2. The normalized spacial score (nSPS) is 11.3. The summed E-state index contributed by atoms with van der Waals surface area (Å²) >= 11 is 0. The second-order valence-corrected chi connectivity index (χ2v) is 7.41. The van der Waals surface area contributed by atoms with E-state index in [1.165, 1.54) is 23.9 Å². The van der Waals surface area contributed by atoms with E-state index in [0.29, 0.717) is 29.2 Å². The van der Waals surface area contributed by atoms with Crippen molar-refractivity contribution in [2.75, 3.05) is 19.5 Å². The fourth-order valence-corrected chi connectivity index (χ4v) is 3.37. The predicted molar refractivity (Wildman–Crippen MR) is 130 cm³/mol. The number of hydrazone groups is 1. The van der Waals surface area contributed by atoms with Gasteiger partial charge in [0.1, 0.15) is 11.4 Å². The Morgan fingerprint density at radius 3 is 2.62 bits per heavy atom. The lowest BCUT2D eigenvalue weighted by Crippen LogP contribution is -2.21. The second-order valence-electron chi connectivity index (χ2n) is 7.41. The maximum Gasteiger partial charge on any atom is 0.311 e. The SMILES string of the molecule is CCOc1ccc(-c2c(C(=O)N/N=C(/C)c3ccc(OC)c([N+](=O)[O-])c3)nnn2-c2nonc2N)cc1. The molecular weight excluding hydrogens is 486 g/mol. The Bertz CT molecular complexity index is 1480. The summed E-state index contributed by atoms with van der Waals surface area (Å²) in [4.78, 5) is 23.9. The number of nitrogens with two attached hydrogens (primary N) is 1. The first kappa shape index (κ1) is 24.8. The van der Waals surface area contributed by atoms with Gasteiger partial charge in [0.15, 0.2) is 11.4 Å². The van der Waals surface area contributed by atoms with Crippen LogP contribution in [0.2, 0.25) is 0 Å². The number of amides is 1. The molecule has 0 spiro atoms. The summed E-state index contributed by atoms with van der Waals surface area (Å²) in [5, 5.41) is 30.7. The molecule has 3 N–H and O–H groups in total. The molecule has 0 bridgehead atoms. The fraction of sp³-hybridized carbons (Fsp3) is 0.182. The lowest BCUT2D eigenvalue weighted by molar-refractivity contribution is -0.385. The van der Waals surface area contributed by atoms with E-state index in [1.807, 2.05) is 6.92 Å². The molecule has 0 atom stereocenters. The highest BCUT2D eigenvalue weighted by Crippen LogP contribution is 2.29. The van der Waals surface area contributed by atoms with Crippen molar-refractivity contribution in [3.63, 3.8) is 0 Å². The summed E-state index contributed by atoms with van der Waals surface area (Å²) < 4.78 is 16.4. The predicted octanol–water partition coefficient (Wildman–Crippen LogP) is 2.37. The van der Waals surface area contributed by atoms with Crippen LogP contribution in [0.1, 0.15) is 29.9 Å². The van der Waals surface area contributed by atoms with E-state index in [0.717, 1.165) is 0 Å². The van der Waals surface area contributed by atoms with Gasteiger partial charge in [-0.25, -0.2) is 10.1 Å². The van der Waals surface area contributed by atoms with Crippen molar-refractivity contribution >= 4 is 23.1 Å². The van der Waals surface area contributed by atoms with E-state index in [4.69, 9.17) is 15.2 Å². The zero-order valence-electron chi connectivity index (χ0n) is 19.9. The van der Waals surface area contributed by atoms with E-state index >= 15 is 0 Å². The lowest BCUT2D eigenvalue weighted by Gasteiger charge is -2.08. The zero-order chi connectivity index (χ0) is 26.5. The number of nitrogen functional groups attached to an aromatic ring is 1.